The van der Waals surface area contributed by atoms with Gasteiger partial charge >= 0.3 is 0 Å². The molecule has 2 aromatic rings. The summed E-state index contributed by atoms with van der Waals surface area (Å²) in [6.07, 6.45) is 0. The lowest BCUT2D eigenvalue weighted by Gasteiger charge is -2.12. The summed E-state index contributed by atoms with van der Waals surface area (Å²) in [4.78, 5) is 0. The van der Waals surface area contributed by atoms with Crippen LogP contribution in [0.4, 0.5) is 0 Å². The Hall–Kier alpha value is -3.28. The van der Waals surface area contributed by atoms with E-state index < -0.39 is 0 Å². The summed E-state index contributed by atoms with van der Waals surface area (Å²) >= 11 is 0. The third-order valence-corrected chi connectivity index (χ3v) is 3.51. The number of benzene rings is 2. The fourth-order valence-corrected chi connectivity index (χ4v) is 2.29. The summed E-state index contributed by atoms with van der Waals surface area (Å²) in [6, 6.07) is 14.9. The molecule has 0 fully saturated rings. The van der Waals surface area contributed by atoms with E-state index in [0.717, 1.165) is 0 Å². The Balaban J connectivity index is 1.65. The molecule has 0 saturated heterocycles. The van der Waals surface area contributed by atoms with Gasteiger partial charge in [-0.25, -0.2) is 0 Å². The Bertz CT molecular complexity index is 782. The van der Waals surface area contributed by atoms with E-state index in [0.29, 0.717) is 49.4 Å². The van der Waals surface area contributed by atoms with Crippen LogP contribution in [0.1, 0.15) is 0 Å². The van der Waals surface area contributed by atoms with Crippen molar-refractivity contribution in [3.05, 3.63) is 48.5 Å². The molecule has 3 rings (SSSR count). The number of ether oxygens (including phenoxy) is 5. The van der Waals surface area contributed by atoms with Crippen LogP contribution >= 0.6 is 0 Å². The van der Waals surface area contributed by atoms with Crippen molar-refractivity contribution in [2.45, 2.75) is 0 Å². The van der Waals surface area contributed by atoms with Gasteiger partial charge in [0.25, 0.3) is 0 Å². The van der Waals surface area contributed by atoms with Crippen LogP contribution in [0.3, 0.4) is 0 Å². The van der Waals surface area contributed by atoms with Crippen LogP contribution in [0.25, 0.3) is 0 Å². The van der Waals surface area contributed by atoms with Gasteiger partial charge in [0.2, 0.25) is 0 Å². The normalized spacial score (nSPS) is 14.8. The summed E-state index contributed by atoms with van der Waals surface area (Å²) in [7, 11) is 0. The molecule has 0 aromatic heterocycles. The number of hydrogen-bond donors (Lipinski definition) is 0. The molecule has 0 atom stereocenters. The monoisotopic (exact) mass is 364 g/mol. The van der Waals surface area contributed by atoms with Gasteiger partial charge in [-0.3, -0.25) is 0 Å². The van der Waals surface area contributed by atoms with Crippen molar-refractivity contribution < 1.29 is 23.7 Å². The van der Waals surface area contributed by atoms with Gasteiger partial charge in [-0.2, -0.15) is 0 Å². The number of para-hydroxylation sites is 4. The molecule has 1 heterocycles. The molecule has 0 radical (unpaired) electrons. The molecule has 5 nitrogen and oxygen atoms in total. The van der Waals surface area contributed by atoms with E-state index in [-0.39, 0.29) is 13.2 Å². The van der Waals surface area contributed by atoms with E-state index in [1.807, 2.05) is 48.5 Å². The van der Waals surface area contributed by atoms with Gasteiger partial charge in [0, 0.05) is 0 Å². The van der Waals surface area contributed by atoms with Gasteiger partial charge in [0.1, 0.15) is 26.4 Å². The van der Waals surface area contributed by atoms with Crippen molar-refractivity contribution in [1.29, 1.82) is 0 Å². The molecule has 0 saturated carbocycles. The third kappa shape index (κ3) is 6.18. The van der Waals surface area contributed by atoms with Crippen LogP contribution in [0.2, 0.25) is 0 Å². The molecule has 0 unspecified atom stereocenters. The van der Waals surface area contributed by atoms with Crippen molar-refractivity contribution in [1.82, 2.24) is 0 Å². The number of hydrogen-bond acceptors (Lipinski definition) is 5. The van der Waals surface area contributed by atoms with E-state index in [9.17, 15) is 0 Å². The standard InChI is InChI=1S/C22H20O5/c1-2-8-14-25-20-10-4-6-12-22(20)27-18-16-23-15-17-26-21-11-5-3-9-19(21)24-13-7-1/h3-6,9-12H,13-18H2. The van der Waals surface area contributed by atoms with E-state index >= 15 is 0 Å². The lowest BCUT2D eigenvalue weighted by atomic mass is 10.3. The topological polar surface area (TPSA) is 46.2 Å². The maximum atomic E-state index is 5.72. The second-order valence-electron chi connectivity index (χ2n) is 5.38. The van der Waals surface area contributed by atoms with Crippen LogP contribution in [0.15, 0.2) is 48.5 Å². The molecule has 0 N–H and O–H groups in total. The molecular formula is C22H20O5. The second-order valence-corrected chi connectivity index (χ2v) is 5.38. The predicted molar refractivity (Wildman–Crippen MR) is 101 cm³/mol. The first kappa shape index (κ1) is 18.5. The third-order valence-electron chi connectivity index (χ3n) is 3.51. The summed E-state index contributed by atoms with van der Waals surface area (Å²) in [5.74, 6) is 13.8. The quantitative estimate of drug-likeness (QED) is 0.673. The maximum Gasteiger partial charge on any atom is 0.162 e. The Kier molecular flexibility index (Phi) is 7.30. The van der Waals surface area contributed by atoms with Gasteiger partial charge in [-0.1, -0.05) is 24.3 Å². The van der Waals surface area contributed by atoms with E-state index in [1.54, 1.807) is 0 Å². The highest BCUT2D eigenvalue weighted by Gasteiger charge is 2.05. The molecule has 138 valence electrons. The van der Waals surface area contributed by atoms with Crippen LogP contribution in [-0.4, -0.2) is 39.6 Å². The van der Waals surface area contributed by atoms with Crippen molar-refractivity contribution in [2.75, 3.05) is 39.6 Å². The molecule has 0 aliphatic carbocycles. The van der Waals surface area contributed by atoms with E-state index in [4.69, 9.17) is 23.7 Å². The van der Waals surface area contributed by atoms with Gasteiger partial charge in [0.15, 0.2) is 23.0 Å². The molecule has 1 aliphatic rings. The molecule has 0 bridgehead atoms. The van der Waals surface area contributed by atoms with Gasteiger partial charge in [-0.15, -0.1) is 0 Å². The van der Waals surface area contributed by atoms with E-state index in [2.05, 4.69) is 23.7 Å². The fraction of sp³-hybridized carbons (Fsp3) is 0.273. The number of fused-ring (bicyclic) bond motifs is 2. The lowest BCUT2D eigenvalue weighted by Crippen LogP contribution is -2.12. The second kappa shape index (κ2) is 10.7. The Morgan fingerprint density at radius 2 is 0.926 bits per heavy atom. The van der Waals surface area contributed by atoms with Crippen LogP contribution in [0, 0.1) is 23.7 Å². The van der Waals surface area contributed by atoms with Crippen LogP contribution in [0.5, 0.6) is 23.0 Å². The minimum Gasteiger partial charge on any atom is -0.487 e. The summed E-state index contributed by atoms with van der Waals surface area (Å²) in [5.41, 5.74) is 0. The molecule has 27 heavy (non-hydrogen) atoms. The first-order chi connectivity index (χ1) is 13.4. The summed E-state index contributed by atoms with van der Waals surface area (Å²) < 4.78 is 28.3. The zero-order valence-electron chi connectivity index (χ0n) is 14.9. The average Bonchev–Trinajstić information content (AvgIpc) is 2.70. The number of rotatable bonds is 0. The Morgan fingerprint density at radius 3 is 1.37 bits per heavy atom. The SMILES string of the molecule is C1#CCOc2ccccc2OCCOCCOc2ccccc2OCC#C1. The minimum absolute atomic E-state index is 0.225. The fourth-order valence-electron chi connectivity index (χ4n) is 2.29. The molecular weight excluding hydrogens is 344 g/mol. The minimum atomic E-state index is 0.225. The van der Waals surface area contributed by atoms with Crippen molar-refractivity contribution in [3.63, 3.8) is 0 Å². The zero-order chi connectivity index (χ0) is 18.6. The van der Waals surface area contributed by atoms with Crippen molar-refractivity contribution >= 4 is 0 Å². The highest BCUT2D eigenvalue weighted by Crippen LogP contribution is 2.27. The predicted octanol–water partition coefficient (Wildman–Crippen LogP) is 2.94. The first-order valence-electron chi connectivity index (χ1n) is 8.66. The highest BCUT2D eigenvalue weighted by molar-refractivity contribution is 5.41. The zero-order valence-corrected chi connectivity index (χ0v) is 14.9. The Labute approximate surface area is 159 Å². The maximum absolute atomic E-state index is 5.72. The largest absolute Gasteiger partial charge is 0.487 e. The van der Waals surface area contributed by atoms with Gasteiger partial charge in [-0.05, 0) is 47.9 Å². The summed E-state index contributed by atoms with van der Waals surface area (Å²) in [5, 5.41) is 0. The van der Waals surface area contributed by atoms with Crippen LogP contribution in [-0.2, 0) is 4.74 Å². The highest BCUT2D eigenvalue weighted by atomic mass is 16.6. The molecule has 2 aromatic carbocycles. The van der Waals surface area contributed by atoms with Gasteiger partial charge in [0.05, 0.1) is 13.2 Å². The summed E-state index contributed by atoms with van der Waals surface area (Å²) in [6.45, 7) is 2.17. The lowest BCUT2D eigenvalue weighted by molar-refractivity contribution is 0.0748. The molecule has 0 amide bonds. The molecule has 0 spiro atoms. The molecule has 5 heteroatoms. The van der Waals surface area contributed by atoms with Crippen molar-refractivity contribution in [2.24, 2.45) is 0 Å². The average molecular weight is 364 g/mol. The van der Waals surface area contributed by atoms with Crippen molar-refractivity contribution in [3.8, 4) is 46.7 Å². The Morgan fingerprint density at radius 1 is 0.519 bits per heavy atom. The van der Waals surface area contributed by atoms with Gasteiger partial charge < -0.3 is 23.7 Å². The smallest absolute Gasteiger partial charge is 0.162 e. The van der Waals surface area contributed by atoms with Crippen LogP contribution < -0.4 is 18.9 Å². The first-order valence-corrected chi connectivity index (χ1v) is 8.66. The van der Waals surface area contributed by atoms with E-state index in [1.165, 1.54) is 0 Å². The molecule has 1 aliphatic heterocycles.